The van der Waals surface area contributed by atoms with E-state index in [0.717, 1.165) is 12.2 Å². The van der Waals surface area contributed by atoms with Gasteiger partial charge in [0.1, 0.15) is 0 Å². The van der Waals surface area contributed by atoms with Crippen molar-refractivity contribution in [1.82, 2.24) is 4.81 Å². The van der Waals surface area contributed by atoms with Gasteiger partial charge >= 0.3 is 5.97 Å². The number of piperazine rings is 1. The van der Waals surface area contributed by atoms with Crippen LogP contribution in [0.3, 0.4) is 0 Å². The van der Waals surface area contributed by atoms with Gasteiger partial charge in [-0.3, -0.25) is 4.79 Å². The highest BCUT2D eigenvalue weighted by atomic mass is 16.4. The quantitative estimate of drug-likeness (QED) is 0.809. The fraction of sp³-hybridized carbons (Fsp3) is 0.462. The van der Waals surface area contributed by atoms with E-state index in [1.165, 1.54) is 0 Å². The average molecular weight is 244 g/mol. The third kappa shape index (κ3) is 2.67. The van der Waals surface area contributed by atoms with Crippen LogP contribution in [0, 0.1) is 0 Å². The molecule has 0 saturated carbocycles. The molecule has 0 amide bonds. The summed E-state index contributed by atoms with van der Waals surface area (Å²) in [6.07, 6.45) is 0.0704. The molecule has 2 rings (SSSR count). The molecule has 1 aromatic carbocycles. The van der Waals surface area contributed by atoms with Crippen LogP contribution in [0.5, 0.6) is 0 Å². The van der Waals surface area contributed by atoms with Crippen molar-refractivity contribution in [2.75, 3.05) is 18.0 Å². The van der Waals surface area contributed by atoms with Gasteiger partial charge in [-0.05, 0) is 19.1 Å². The van der Waals surface area contributed by atoms with Gasteiger partial charge in [-0.2, -0.15) is 0 Å². The lowest BCUT2D eigenvalue weighted by molar-refractivity contribution is -0.138. The minimum Gasteiger partial charge on any atom is -0.481 e. The van der Waals surface area contributed by atoms with Crippen molar-refractivity contribution < 1.29 is 9.90 Å². The van der Waals surface area contributed by atoms with E-state index >= 15 is 0 Å². The van der Waals surface area contributed by atoms with Crippen LogP contribution in [0.2, 0.25) is 0 Å². The third-order valence-corrected chi connectivity index (χ3v) is 3.55. The molecule has 1 saturated heterocycles. The Bertz CT molecular complexity index is 413. The maximum Gasteiger partial charge on any atom is 0.304 e. The first-order valence-electron chi connectivity index (χ1n) is 6.14. The average Bonchev–Trinajstić information content (AvgIpc) is 2.35. The SMILES string of the molecule is [B]N1CCN(c2ccccc2)C(C)C1CC(=O)O. The molecule has 1 aliphatic rings. The summed E-state index contributed by atoms with van der Waals surface area (Å²) in [6, 6.07) is 9.97. The number of hydrogen-bond acceptors (Lipinski definition) is 3. The zero-order chi connectivity index (χ0) is 13.1. The van der Waals surface area contributed by atoms with Crippen molar-refractivity contribution in [2.45, 2.75) is 25.4 Å². The van der Waals surface area contributed by atoms with Gasteiger partial charge in [0, 0.05) is 30.9 Å². The van der Waals surface area contributed by atoms with Gasteiger partial charge in [-0.25, -0.2) is 0 Å². The number of aliphatic carboxylic acids is 1. The minimum atomic E-state index is -0.808. The maximum atomic E-state index is 10.9. The van der Waals surface area contributed by atoms with E-state index < -0.39 is 5.97 Å². The second kappa shape index (κ2) is 5.44. The molecule has 2 unspecified atom stereocenters. The molecule has 1 aromatic rings. The standard InChI is InChI=1S/C13H17BN2O2/c1-10-12(9-13(17)18)16(14)8-7-15(10)11-5-3-2-4-6-11/h2-6,10,12H,7-9H2,1H3,(H,17,18). The summed E-state index contributed by atoms with van der Waals surface area (Å²) < 4.78 is 0. The number of nitrogens with zero attached hydrogens (tertiary/aromatic N) is 2. The Hall–Kier alpha value is -1.49. The fourth-order valence-electron chi connectivity index (χ4n) is 2.53. The Morgan fingerprint density at radius 3 is 2.67 bits per heavy atom. The van der Waals surface area contributed by atoms with Crippen molar-refractivity contribution in [2.24, 2.45) is 0 Å². The van der Waals surface area contributed by atoms with Crippen LogP contribution >= 0.6 is 0 Å². The molecule has 1 heterocycles. The van der Waals surface area contributed by atoms with Gasteiger partial charge in [0.25, 0.3) is 0 Å². The lowest BCUT2D eigenvalue weighted by Crippen LogP contribution is -2.58. The van der Waals surface area contributed by atoms with Gasteiger partial charge in [-0.15, -0.1) is 0 Å². The molecule has 94 valence electrons. The molecule has 4 nitrogen and oxygen atoms in total. The Morgan fingerprint density at radius 1 is 1.39 bits per heavy atom. The zero-order valence-electron chi connectivity index (χ0n) is 10.5. The maximum absolute atomic E-state index is 10.9. The first-order valence-corrected chi connectivity index (χ1v) is 6.14. The molecular formula is C13H17BN2O2. The van der Waals surface area contributed by atoms with Crippen LogP contribution in [-0.2, 0) is 4.79 Å². The summed E-state index contributed by atoms with van der Waals surface area (Å²) in [7, 11) is 5.90. The topological polar surface area (TPSA) is 43.8 Å². The first kappa shape index (κ1) is 13.0. The third-order valence-electron chi connectivity index (χ3n) is 3.55. The monoisotopic (exact) mass is 244 g/mol. The number of benzene rings is 1. The molecule has 2 radical (unpaired) electrons. The van der Waals surface area contributed by atoms with Crippen LogP contribution in [0.4, 0.5) is 5.69 Å². The van der Waals surface area contributed by atoms with Gasteiger partial charge < -0.3 is 14.8 Å². The van der Waals surface area contributed by atoms with Crippen LogP contribution in [0.25, 0.3) is 0 Å². The first-order chi connectivity index (χ1) is 8.59. The molecule has 0 spiro atoms. The van der Waals surface area contributed by atoms with Gasteiger partial charge in [0.15, 0.2) is 7.98 Å². The van der Waals surface area contributed by atoms with Gasteiger partial charge in [0.05, 0.1) is 6.42 Å². The number of carbonyl (C=O) groups is 1. The van der Waals surface area contributed by atoms with E-state index in [1.807, 2.05) is 37.3 Å². The second-order valence-electron chi connectivity index (χ2n) is 4.67. The number of anilines is 1. The molecule has 0 aliphatic carbocycles. The smallest absolute Gasteiger partial charge is 0.304 e. The molecule has 0 bridgehead atoms. The summed E-state index contributed by atoms with van der Waals surface area (Å²) in [5, 5.41) is 8.96. The molecule has 1 aliphatic heterocycles. The van der Waals surface area contributed by atoms with Crippen molar-refractivity contribution >= 4 is 19.6 Å². The van der Waals surface area contributed by atoms with Crippen molar-refractivity contribution in [3.8, 4) is 0 Å². The summed E-state index contributed by atoms with van der Waals surface area (Å²) in [6.45, 7) is 3.52. The number of para-hydroxylation sites is 1. The molecule has 0 aromatic heterocycles. The van der Waals surface area contributed by atoms with E-state index in [2.05, 4.69) is 4.90 Å². The van der Waals surface area contributed by atoms with E-state index in [9.17, 15) is 4.79 Å². The predicted molar refractivity (Wildman–Crippen MR) is 71.8 cm³/mol. The van der Waals surface area contributed by atoms with Crippen LogP contribution < -0.4 is 4.90 Å². The largest absolute Gasteiger partial charge is 0.481 e. The molecule has 1 N–H and O–H groups in total. The van der Waals surface area contributed by atoms with E-state index in [-0.39, 0.29) is 18.5 Å². The Labute approximate surface area is 109 Å². The number of carboxylic acids is 1. The number of carboxylic acid groups (broad SMARTS) is 1. The molecule has 18 heavy (non-hydrogen) atoms. The normalized spacial score (nSPS) is 25.1. The van der Waals surface area contributed by atoms with Gasteiger partial charge in [-0.1, -0.05) is 18.2 Å². The lowest BCUT2D eigenvalue weighted by Gasteiger charge is -2.46. The van der Waals surface area contributed by atoms with E-state index in [4.69, 9.17) is 13.1 Å². The zero-order valence-corrected chi connectivity index (χ0v) is 10.5. The van der Waals surface area contributed by atoms with Crippen LogP contribution in [-0.4, -0.2) is 49.0 Å². The Balaban J connectivity index is 2.17. The highest BCUT2D eigenvalue weighted by Crippen LogP contribution is 2.24. The van der Waals surface area contributed by atoms with Crippen LogP contribution in [0.15, 0.2) is 30.3 Å². The Kier molecular flexibility index (Phi) is 3.92. The lowest BCUT2D eigenvalue weighted by atomic mass is 9.95. The van der Waals surface area contributed by atoms with Gasteiger partial charge in [0.2, 0.25) is 0 Å². The van der Waals surface area contributed by atoms with Crippen molar-refractivity contribution in [3.63, 3.8) is 0 Å². The minimum absolute atomic E-state index is 0.0704. The van der Waals surface area contributed by atoms with E-state index in [1.54, 1.807) is 4.81 Å². The molecule has 1 fully saturated rings. The summed E-state index contributed by atoms with van der Waals surface area (Å²) in [5.41, 5.74) is 1.12. The highest BCUT2D eigenvalue weighted by Gasteiger charge is 2.32. The second-order valence-corrected chi connectivity index (χ2v) is 4.67. The Morgan fingerprint density at radius 2 is 2.06 bits per heavy atom. The summed E-state index contributed by atoms with van der Waals surface area (Å²) >= 11 is 0. The number of rotatable bonds is 3. The van der Waals surface area contributed by atoms with Crippen LogP contribution in [0.1, 0.15) is 13.3 Å². The number of hydrogen-bond donors (Lipinski definition) is 1. The van der Waals surface area contributed by atoms with Crippen molar-refractivity contribution in [1.29, 1.82) is 0 Å². The summed E-state index contributed by atoms with van der Waals surface area (Å²) in [5.74, 6) is -0.808. The predicted octanol–water partition coefficient (Wildman–Crippen LogP) is 1.12. The molecule has 2 atom stereocenters. The van der Waals surface area contributed by atoms with Crippen molar-refractivity contribution in [3.05, 3.63) is 30.3 Å². The van der Waals surface area contributed by atoms with E-state index in [0.29, 0.717) is 6.54 Å². The fourth-order valence-corrected chi connectivity index (χ4v) is 2.53. The summed E-state index contributed by atoms with van der Waals surface area (Å²) in [4.78, 5) is 14.8. The molecule has 5 heteroatoms. The molecular weight excluding hydrogens is 227 g/mol. The highest BCUT2D eigenvalue weighted by molar-refractivity contribution is 6.05.